The van der Waals surface area contributed by atoms with E-state index in [9.17, 15) is 14.7 Å². The van der Waals surface area contributed by atoms with Crippen molar-refractivity contribution < 1.29 is 19.4 Å². The van der Waals surface area contributed by atoms with Crippen molar-refractivity contribution in [1.82, 2.24) is 0 Å². The summed E-state index contributed by atoms with van der Waals surface area (Å²) in [7, 11) is 0. The van der Waals surface area contributed by atoms with Crippen molar-refractivity contribution in [2.45, 2.75) is 44.1 Å². The fraction of sp³-hybridized carbons (Fsp3) is 0.304. The van der Waals surface area contributed by atoms with Crippen LogP contribution in [0, 0.1) is 0 Å². The van der Waals surface area contributed by atoms with Crippen LogP contribution in [0.5, 0.6) is 11.5 Å². The minimum atomic E-state index is -0.454. The standard InChI is InChI=1S/C23H21ClO4/c24-18-7-3-2-6-15(18)8-9-19(25)16-12-17-21(27)14-23(10-4-1-5-11-23)28-22(17)13-20(16)26/h2-3,6-9,12-13,26H,1,4-5,10-11,14H2/b9-8+. The van der Waals surface area contributed by atoms with Crippen molar-refractivity contribution in [3.63, 3.8) is 0 Å². The second-order valence-corrected chi connectivity index (χ2v) is 7.94. The second-order valence-electron chi connectivity index (χ2n) is 7.53. The number of carbonyl (C=O) groups excluding carboxylic acids is 2. The number of carbonyl (C=O) groups is 2. The predicted molar refractivity (Wildman–Crippen MR) is 108 cm³/mol. The van der Waals surface area contributed by atoms with Crippen LogP contribution in [0.4, 0.5) is 0 Å². The van der Waals surface area contributed by atoms with Gasteiger partial charge in [-0.15, -0.1) is 0 Å². The van der Waals surface area contributed by atoms with Gasteiger partial charge in [0.15, 0.2) is 11.6 Å². The van der Waals surface area contributed by atoms with Crippen molar-refractivity contribution in [2.24, 2.45) is 0 Å². The number of ether oxygens (including phenoxy) is 1. The van der Waals surface area contributed by atoms with Gasteiger partial charge in [0, 0.05) is 11.1 Å². The maximum atomic E-state index is 12.8. The lowest BCUT2D eigenvalue weighted by Gasteiger charge is -2.40. The Bertz CT molecular complexity index is 971. The molecule has 1 fully saturated rings. The number of halogens is 1. The number of fused-ring (bicyclic) bond motifs is 1. The third-order valence-electron chi connectivity index (χ3n) is 5.56. The largest absolute Gasteiger partial charge is 0.507 e. The molecule has 1 heterocycles. The SMILES string of the molecule is O=C(/C=C/c1ccccc1Cl)c1cc2c(cc1O)OC1(CCCCC1)CC2=O. The summed E-state index contributed by atoms with van der Waals surface area (Å²) in [5.41, 5.74) is 0.695. The molecular formula is C23H21ClO4. The molecule has 2 aliphatic rings. The van der Waals surface area contributed by atoms with Gasteiger partial charge in [-0.25, -0.2) is 0 Å². The topological polar surface area (TPSA) is 63.6 Å². The molecule has 0 atom stereocenters. The van der Waals surface area contributed by atoms with Gasteiger partial charge in [0.25, 0.3) is 0 Å². The molecule has 1 aliphatic heterocycles. The van der Waals surface area contributed by atoms with Crippen LogP contribution in [-0.4, -0.2) is 22.3 Å². The molecule has 1 spiro atoms. The van der Waals surface area contributed by atoms with Gasteiger partial charge in [0.1, 0.15) is 17.1 Å². The van der Waals surface area contributed by atoms with Crippen molar-refractivity contribution in [2.75, 3.05) is 0 Å². The third kappa shape index (κ3) is 3.57. The van der Waals surface area contributed by atoms with Gasteiger partial charge in [-0.1, -0.05) is 36.2 Å². The first-order valence-corrected chi connectivity index (χ1v) is 9.91. The fourth-order valence-electron chi connectivity index (χ4n) is 4.07. The maximum Gasteiger partial charge on any atom is 0.189 e. The fourth-order valence-corrected chi connectivity index (χ4v) is 4.27. The number of Topliss-reactive ketones (excluding diaryl/α,β-unsaturated/α-hetero) is 1. The molecule has 0 saturated heterocycles. The van der Waals surface area contributed by atoms with Crippen LogP contribution in [0.2, 0.25) is 5.02 Å². The number of phenolic OH excluding ortho intramolecular Hbond substituents is 1. The Morgan fingerprint density at radius 3 is 2.64 bits per heavy atom. The van der Waals surface area contributed by atoms with E-state index in [0.29, 0.717) is 28.3 Å². The van der Waals surface area contributed by atoms with Gasteiger partial charge in [0.05, 0.1) is 17.5 Å². The molecule has 2 aromatic rings. The lowest BCUT2D eigenvalue weighted by molar-refractivity contribution is 0.0135. The Hall–Kier alpha value is -2.59. The van der Waals surface area contributed by atoms with Crippen LogP contribution < -0.4 is 4.74 Å². The van der Waals surface area contributed by atoms with E-state index >= 15 is 0 Å². The predicted octanol–water partition coefficient (Wildman–Crippen LogP) is 5.61. The number of hydrogen-bond acceptors (Lipinski definition) is 4. The first kappa shape index (κ1) is 18.8. The first-order valence-electron chi connectivity index (χ1n) is 9.54. The van der Waals surface area contributed by atoms with Crippen LogP contribution in [0.1, 0.15) is 64.8 Å². The van der Waals surface area contributed by atoms with Crippen molar-refractivity contribution in [3.8, 4) is 11.5 Å². The molecule has 4 nitrogen and oxygen atoms in total. The monoisotopic (exact) mass is 396 g/mol. The van der Waals surface area contributed by atoms with Crippen molar-refractivity contribution in [1.29, 1.82) is 0 Å². The second kappa shape index (κ2) is 7.44. The number of benzene rings is 2. The average Bonchev–Trinajstić information content (AvgIpc) is 2.67. The summed E-state index contributed by atoms with van der Waals surface area (Å²) in [6, 6.07) is 10.0. The summed E-state index contributed by atoms with van der Waals surface area (Å²) >= 11 is 6.10. The highest BCUT2D eigenvalue weighted by molar-refractivity contribution is 6.32. The van der Waals surface area contributed by atoms with Gasteiger partial charge in [0.2, 0.25) is 0 Å². The molecule has 28 heavy (non-hydrogen) atoms. The van der Waals surface area contributed by atoms with E-state index in [1.54, 1.807) is 18.2 Å². The van der Waals surface area contributed by atoms with E-state index in [-0.39, 0.29) is 17.1 Å². The summed E-state index contributed by atoms with van der Waals surface area (Å²) in [6.45, 7) is 0. The molecule has 1 saturated carbocycles. The molecular weight excluding hydrogens is 376 g/mol. The Labute approximate surface area is 168 Å². The van der Waals surface area contributed by atoms with Gasteiger partial charge in [-0.3, -0.25) is 9.59 Å². The van der Waals surface area contributed by atoms with Crippen molar-refractivity contribution in [3.05, 3.63) is 64.2 Å². The number of allylic oxidation sites excluding steroid dienone is 1. The maximum absolute atomic E-state index is 12.8. The quantitative estimate of drug-likeness (QED) is 0.541. The van der Waals surface area contributed by atoms with Gasteiger partial charge in [-0.2, -0.15) is 0 Å². The van der Waals surface area contributed by atoms with Crippen LogP contribution in [0.25, 0.3) is 6.08 Å². The normalized spacial score (nSPS) is 18.1. The molecule has 0 aromatic heterocycles. The molecule has 0 amide bonds. The van der Waals surface area contributed by atoms with Crippen LogP contribution in [0.15, 0.2) is 42.5 Å². The van der Waals surface area contributed by atoms with Crippen LogP contribution in [0.3, 0.4) is 0 Å². The summed E-state index contributed by atoms with van der Waals surface area (Å²) in [6.07, 6.45) is 8.20. The Kier molecular flexibility index (Phi) is 4.98. The first-order chi connectivity index (χ1) is 13.5. The van der Waals surface area contributed by atoms with Gasteiger partial charge < -0.3 is 9.84 Å². The number of ketones is 2. The minimum Gasteiger partial charge on any atom is -0.507 e. The molecule has 2 aromatic carbocycles. The third-order valence-corrected chi connectivity index (χ3v) is 5.90. The zero-order chi connectivity index (χ0) is 19.7. The lowest BCUT2D eigenvalue weighted by Crippen LogP contribution is -2.43. The highest BCUT2D eigenvalue weighted by atomic mass is 35.5. The van der Waals surface area contributed by atoms with E-state index in [1.807, 2.05) is 12.1 Å². The molecule has 1 N–H and O–H groups in total. The van der Waals surface area contributed by atoms with E-state index in [2.05, 4.69) is 0 Å². The molecule has 144 valence electrons. The van der Waals surface area contributed by atoms with Gasteiger partial charge in [-0.05, 0) is 55.5 Å². The average molecular weight is 397 g/mol. The number of hydrogen-bond donors (Lipinski definition) is 1. The van der Waals surface area contributed by atoms with Crippen LogP contribution in [-0.2, 0) is 0 Å². The Morgan fingerprint density at radius 1 is 1.14 bits per heavy atom. The van der Waals surface area contributed by atoms with E-state index in [0.717, 1.165) is 32.1 Å². The van der Waals surface area contributed by atoms with E-state index in [4.69, 9.17) is 16.3 Å². The lowest BCUT2D eigenvalue weighted by atomic mass is 9.78. The summed E-state index contributed by atoms with van der Waals surface area (Å²) in [5.74, 6) is -0.242. The highest BCUT2D eigenvalue weighted by Gasteiger charge is 2.41. The molecule has 0 radical (unpaired) electrons. The molecule has 0 bridgehead atoms. The Morgan fingerprint density at radius 2 is 1.89 bits per heavy atom. The van der Waals surface area contributed by atoms with Gasteiger partial charge >= 0.3 is 0 Å². The summed E-state index contributed by atoms with van der Waals surface area (Å²) < 4.78 is 6.16. The minimum absolute atomic E-state index is 0.0349. The van der Waals surface area contributed by atoms with Crippen molar-refractivity contribution >= 4 is 29.2 Å². The zero-order valence-electron chi connectivity index (χ0n) is 15.4. The number of rotatable bonds is 3. The number of aromatic hydroxyl groups is 1. The molecule has 5 heteroatoms. The van der Waals surface area contributed by atoms with E-state index < -0.39 is 11.4 Å². The zero-order valence-corrected chi connectivity index (χ0v) is 16.2. The molecule has 0 unspecified atom stereocenters. The highest BCUT2D eigenvalue weighted by Crippen LogP contribution is 2.43. The molecule has 4 rings (SSSR count). The number of phenols is 1. The summed E-state index contributed by atoms with van der Waals surface area (Å²) in [5, 5.41) is 10.9. The molecule has 1 aliphatic carbocycles. The smallest absolute Gasteiger partial charge is 0.189 e. The Balaban J connectivity index is 1.62. The van der Waals surface area contributed by atoms with E-state index in [1.165, 1.54) is 18.2 Å². The van der Waals surface area contributed by atoms with Crippen LogP contribution >= 0.6 is 11.6 Å². The summed E-state index contributed by atoms with van der Waals surface area (Å²) in [4.78, 5) is 25.4.